The quantitative estimate of drug-likeness (QED) is 0.681. The largest absolute Gasteiger partial charge is 0.303 e. The van der Waals surface area contributed by atoms with Crippen molar-refractivity contribution in [2.75, 3.05) is 33.2 Å². The summed E-state index contributed by atoms with van der Waals surface area (Å²) in [6.45, 7) is 7.62. The van der Waals surface area contributed by atoms with Gasteiger partial charge in [-0.25, -0.2) is 0 Å². The zero-order valence-electron chi connectivity index (χ0n) is 9.76. The molecule has 0 aromatic rings. The highest BCUT2D eigenvalue weighted by molar-refractivity contribution is 5.01. The highest BCUT2D eigenvalue weighted by Gasteiger charge is 2.43. The summed E-state index contributed by atoms with van der Waals surface area (Å²) in [5.41, 5.74) is 0.628. The molecule has 2 heterocycles. The van der Waals surface area contributed by atoms with E-state index >= 15 is 0 Å². The summed E-state index contributed by atoms with van der Waals surface area (Å²) in [5, 5.41) is 0. The maximum absolute atomic E-state index is 2.65. The minimum atomic E-state index is 0.628. The first-order valence-electron chi connectivity index (χ1n) is 6.20. The lowest BCUT2D eigenvalue weighted by molar-refractivity contribution is -0.0395. The second-order valence-corrected chi connectivity index (χ2v) is 5.09. The van der Waals surface area contributed by atoms with Crippen molar-refractivity contribution in [3.8, 4) is 0 Å². The fraction of sp³-hybridized carbons (Fsp3) is 1.00. The summed E-state index contributed by atoms with van der Waals surface area (Å²) in [5.74, 6) is 0. The van der Waals surface area contributed by atoms with Crippen LogP contribution in [-0.2, 0) is 0 Å². The topological polar surface area (TPSA) is 6.48 Å². The highest BCUT2D eigenvalue weighted by Crippen LogP contribution is 2.38. The fourth-order valence-corrected chi connectivity index (χ4v) is 2.86. The molecule has 0 unspecified atom stereocenters. The molecule has 1 spiro atoms. The maximum Gasteiger partial charge on any atom is 0.0243 e. The van der Waals surface area contributed by atoms with E-state index in [4.69, 9.17) is 0 Å². The zero-order valence-corrected chi connectivity index (χ0v) is 9.76. The summed E-state index contributed by atoms with van der Waals surface area (Å²) >= 11 is 0. The van der Waals surface area contributed by atoms with Gasteiger partial charge in [0.15, 0.2) is 0 Å². The summed E-state index contributed by atoms with van der Waals surface area (Å²) in [4.78, 5) is 5.23. The Hall–Kier alpha value is -0.0800. The van der Waals surface area contributed by atoms with Gasteiger partial charge in [0.1, 0.15) is 0 Å². The minimum absolute atomic E-state index is 0.628. The van der Waals surface area contributed by atoms with E-state index in [-0.39, 0.29) is 0 Å². The Morgan fingerprint density at radius 3 is 2.14 bits per heavy atom. The molecule has 0 aromatic carbocycles. The van der Waals surface area contributed by atoms with Gasteiger partial charge in [0.05, 0.1) is 0 Å². The molecule has 0 amide bonds. The van der Waals surface area contributed by atoms with Crippen LogP contribution >= 0.6 is 0 Å². The van der Waals surface area contributed by atoms with E-state index in [9.17, 15) is 0 Å². The molecule has 0 N–H and O–H groups in total. The van der Waals surface area contributed by atoms with Gasteiger partial charge in [-0.1, -0.05) is 13.3 Å². The van der Waals surface area contributed by atoms with Crippen molar-refractivity contribution in [2.24, 2.45) is 0 Å². The minimum Gasteiger partial charge on any atom is -0.303 e. The molecule has 14 heavy (non-hydrogen) atoms. The molecule has 2 saturated heterocycles. The lowest BCUT2D eigenvalue weighted by atomic mass is 9.77. The molecule has 0 atom stereocenters. The monoisotopic (exact) mass is 196 g/mol. The third-order valence-corrected chi connectivity index (χ3v) is 4.34. The predicted octanol–water partition coefficient (Wildman–Crippen LogP) is 1.96. The van der Waals surface area contributed by atoms with Crippen LogP contribution in [0.2, 0.25) is 0 Å². The molecular formula is C12H24N2. The van der Waals surface area contributed by atoms with Gasteiger partial charge in [-0.05, 0) is 52.4 Å². The molecule has 0 saturated carbocycles. The van der Waals surface area contributed by atoms with E-state index in [2.05, 4.69) is 23.8 Å². The number of likely N-dealkylation sites (tertiary alicyclic amines) is 2. The molecule has 2 aliphatic rings. The van der Waals surface area contributed by atoms with Crippen molar-refractivity contribution in [1.29, 1.82) is 0 Å². The molecule has 2 fully saturated rings. The van der Waals surface area contributed by atoms with Crippen LogP contribution in [-0.4, -0.2) is 48.6 Å². The van der Waals surface area contributed by atoms with Gasteiger partial charge in [0, 0.05) is 12.1 Å². The van der Waals surface area contributed by atoms with Crippen LogP contribution in [0.15, 0.2) is 0 Å². The molecule has 2 nitrogen and oxygen atoms in total. The van der Waals surface area contributed by atoms with E-state index in [1.807, 2.05) is 0 Å². The smallest absolute Gasteiger partial charge is 0.0243 e. The lowest BCUT2D eigenvalue weighted by Crippen LogP contribution is -2.62. The van der Waals surface area contributed by atoms with Crippen LogP contribution in [0.4, 0.5) is 0 Å². The molecule has 2 heteroatoms. The maximum atomic E-state index is 2.65. The Labute approximate surface area is 88.3 Å². The Morgan fingerprint density at radius 1 is 1.07 bits per heavy atom. The molecule has 2 aliphatic heterocycles. The second kappa shape index (κ2) is 4.19. The number of unbranched alkanes of at least 4 members (excludes halogenated alkanes) is 1. The summed E-state index contributed by atoms with van der Waals surface area (Å²) < 4.78 is 0. The highest BCUT2D eigenvalue weighted by atomic mass is 15.3. The van der Waals surface area contributed by atoms with Crippen LogP contribution in [0.25, 0.3) is 0 Å². The predicted molar refractivity (Wildman–Crippen MR) is 60.6 cm³/mol. The SMILES string of the molecule is CCCCN1CCC2(CC1)CCN2C. The van der Waals surface area contributed by atoms with E-state index in [0.717, 1.165) is 0 Å². The molecule has 2 rings (SSSR count). The number of rotatable bonds is 3. The molecule has 0 aliphatic carbocycles. The normalized spacial score (nSPS) is 27.9. The first kappa shape index (κ1) is 10.4. The van der Waals surface area contributed by atoms with Crippen LogP contribution in [0.1, 0.15) is 39.0 Å². The van der Waals surface area contributed by atoms with Gasteiger partial charge in [-0.3, -0.25) is 0 Å². The van der Waals surface area contributed by atoms with Crippen LogP contribution in [0.3, 0.4) is 0 Å². The van der Waals surface area contributed by atoms with Crippen LogP contribution < -0.4 is 0 Å². The van der Waals surface area contributed by atoms with Crippen molar-refractivity contribution in [2.45, 2.75) is 44.6 Å². The van der Waals surface area contributed by atoms with Crippen molar-refractivity contribution in [1.82, 2.24) is 9.80 Å². The van der Waals surface area contributed by atoms with E-state index in [1.54, 1.807) is 0 Å². The lowest BCUT2D eigenvalue weighted by Gasteiger charge is -2.55. The van der Waals surface area contributed by atoms with Crippen molar-refractivity contribution < 1.29 is 0 Å². The molecule has 0 aromatic heterocycles. The Morgan fingerprint density at radius 2 is 1.71 bits per heavy atom. The van der Waals surface area contributed by atoms with E-state index < -0.39 is 0 Å². The number of hydrogen-bond acceptors (Lipinski definition) is 2. The van der Waals surface area contributed by atoms with Gasteiger partial charge in [0.25, 0.3) is 0 Å². The van der Waals surface area contributed by atoms with Crippen molar-refractivity contribution in [3.05, 3.63) is 0 Å². The number of nitrogens with zero attached hydrogens (tertiary/aromatic N) is 2. The third kappa shape index (κ3) is 1.82. The fourth-order valence-electron chi connectivity index (χ4n) is 2.86. The first-order valence-corrected chi connectivity index (χ1v) is 6.20. The number of piperidine rings is 1. The Balaban J connectivity index is 1.75. The van der Waals surface area contributed by atoms with Crippen LogP contribution in [0, 0.1) is 0 Å². The Bertz CT molecular complexity index is 183. The summed E-state index contributed by atoms with van der Waals surface area (Å²) in [6, 6.07) is 0. The Kier molecular flexibility index (Phi) is 3.13. The van der Waals surface area contributed by atoms with E-state index in [1.165, 1.54) is 58.3 Å². The van der Waals surface area contributed by atoms with Gasteiger partial charge < -0.3 is 9.80 Å². The molecule has 0 radical (unpaired) electrons. The van der Waals surface area contributed by atoms with Crippen molar-refractivity contribution >= 4 is 0 Å². The zero-order chi connectivity index (χ0) is 10.0. The van der Waals surface area contributed by atoms with Crippen LogP contribution in [0.5, 0.6) is 0 Å². The average molecular weight is 196 g/mol. The van der Waals surface area contributed by atoms with Gasteiger partial charge in [0.2, 0.25) is 0 Å². The second-order valence-electron chi connectivity index (χ2n) is 5.09. The van der Waals surface area contributed by atoms with E-state index in [0.29, 0.717) is 5.54 Å². The standard InChI is InChI=1S/C12H24N2/c1-3-4-8-14-10-6-12(7-11-14)5-9-13(12)2/h3-11H2,1-2H3. The number of hydrogen-bond donors (Lipinski definition) is 0. The molecular weight excluding hydrogens is 172 g/mol. The van der Waals surface area contributed by atoms with Gasteiger partial charge in [-0.15, -0.1) is 0 Å². The summed E-state index contributed by atoms with van der Waals surface area (Å²) in [7, 11) is 2.30. The molecule has 82 valence electrons. The molecule has 0 bridgehead atoms. The summed E-state index contributed by atoms with van der Waals surface area (Å²) in [6.07, 6.45) is 6.98. The third-order valence-electron chi connectivity index (χ3n) is 4.34. The average Bonchev–Trinajstić information content (AvgIpc) is 2.25. The van der Waals surface area contributed by atoms with Crippen molar-refractivity contribution in [3.63, 3.8) is 0 Å². The first-order chi connectivity index (χ1) is 6.77. The van der Waals surface area contributed by atoms with Gasteiger partial charge >= 0.3 is 0 Å². The van der Waals surface area contributed by atoms with Gasteiger partial charge in [-0.2, -0.15) is 0 Å².